The summed E-state index contributed by atoms with van der Waals surface area (Å²) in [6, 6.07) is 19.6. The zero-order chi connectivity index (χ0) is 21.1. The second-order valence-electron chi connectivity index (χ2n) is 10.2. The van der Waals surface area contributed by atoms with Crippen LogP contribution >= 0.6 is 0 Å². The predicted octanol–water partition coefficient (Wildman–Crippen LogP) is 3.04. The van der Waals surface area contributed by atoms with E-state index in [-0.39, 0.29) is 0 Å². The van der Waals surface area contributed by atoms with Gasteiger partial charge in [0.15, 0.2) is 0 Å². The van der Waals surface area contributed by atoms with Crippen LogP contribution in [0.2, 0.25) is 0 Å². The molecule has 1 aliphatic heterocycles. The van der Waals surface area contributed by atoms with Crippen molar-refractivity contribution in [3.8, 4) is 0 Å². The maximum Gasteiger partial charge on any atom is 0.391 e. The second kappa shape index (κ2) is 9.48. The second-order valence-corrected chi connectivity index (χ2v) is 10.2. The third-order valence-electron chi connectivity index (χ3n) is 8.57. The molecule has 166 valence electrons. The van der Waals surface area contributed by atoms with Crippen molar-refractivity contribution in [3.05, 3.63) is 59.7 Å². The zero-order valence-electron chi connectivity index (χ0n) is 19.2. The fourth-order valence-electron chi connectivity index (χ4n) is 7.03. The number of quaternary nitrogens is 1. The Balaban J connectivity index is 1.53. The van der Waals surface area contributed by atoms with Crippen LogP contribution in [0.1, 0.15) is 75.3 Å². The van der Waals surface area contributed by atoms with Crippen LogP contribution in [-0.4, -0.2) is 25.7 Å². The van der Waals surface area contributed by atoms with E-state index in [1.165, 1.54) is 86.3 Å². The van der Waals surface area contributed by atoms with E-state index in [0.29, 0.717) is 12.1 Å². The largest absolute Gasteiger partial charge is 0.534 e. The summed E-state index contributed by atoms with van der Waals surface area (Å²) in [5, 5.41) is 3.91. The first-order chi connectivity index (χ1) is 15.3. The fourth-order valence-corrected chi connectivity index (χ4v) is 7.03. The Morgan fingerprint density at radius 1 is 0.839 bits per heavy atom. The van der Waals surface area contributed by atoms with Gasteiger partial charge in [0.05, 0.1) is 6.54 Å². The lowest BCUT2D eigenvalue weighted by Crippen LogP contribution is -3.27. The molecule has 1 heterocycles. The van der Waals surface area contributed by atoms with E-state index in [4.69, 9.17) is 4.65 Å². The van der Waals surface area contributed by atoms with Crippen LogP contribution in [0, 0.1) is 0 Å². The molecule has 0 aromatic heterocycles. The summed E-state index contributed by atoms with van der Waals surface area (Å²) in [5.74, 6) is 0. The molecule has 0 bridgehead atoms. The highest BCUT2D eigenvalue weighted by molar-refractivity contribution is 6.92. The van der Waals surface area contributed by atoms with Gasteiger partial charge in [0.2, 0.25) is 0 Å². The molecule has 2 saturated carbocycles. The summed E-state index contributed by atoms with van der Waals surface area (Å²) in [7, 11) is 1.97. The minimum atomic E-state index is -1.29. The highest BCUT2D eigenvalue weighted by Gasteiger charge is 2.51. The number of hydrogen-bond donors (Lipinski definition) is 2. The molecule has 2 atom stereocenters. The number of nitrogens with one attached hydrogen (secondary N) is 2. The first-order valence-electron chi connectivity index (χ1n) is 12.8. The predicted molar refractivity (Wildman–Crippen MR) is 130 cm³/mol. The molecule has 0 saturated heterocycles. The van der Waals surface area contributed by atoms with Gasteiger partial charge in [0, 0.05) is 18.6 Å². The molecule has 2 N–H and O–H groups in total. The number of fused-ring (bicyclic) bond motifs is 1. The van der Waals surface area contributed by atoms with Crippen molar-refractivity contribution < 1.29 is 9.47 Å². The molecule has 1 unspecified atom stereocenters. The van der Waals surface area contributed by atoms with Crippen molar-refractivity contribution in [1.29, 1.82) is 0 Å². The average Bonchev–Trinajstić information content (AvgIpc) is 3.19. The normalized spacial score (nSPS) is 27.3. The first kappa shape index (κ1) is 21.2. The number of rotatable bonds is 6. The molecule has 3 nitrogen and oxygen atoms in total. The van der Waals surface area contributed by atoms with Crippen LogP contribution in [0.4, 0.5) is 0 Å². The SMILES string of the molecule is CO[B@-]1(c2ccccc2CNC2CCCCC2)c2ccccc2C[NH+]1C1CCCCC1. The molecular weight excluding hydrogens is 379 g/mol. The van der Waals surface area contributed by atoms with Crippen LogP contribution in [0.5, 0.6) is 0 Å². The summed E-state index contributed by atoms with van der Waals surface area (Å²) in [4.78, 5) is 1.67. The van der Waals surface area contributed by atoms with Gasteiger partial charge in [-0.1, -0.05) is 79.8 Å². The minimum Gasteiger partial charge on any atom is -0.534 e. The summed E-state index contributed by atoms with van der Waals surface area (Å²) >= 11 is 0. The Hall–Kier alpha value is -1.62. The summed E-state index contributed by atoms with van der Waals surface area (Å²) in [6.45, 7) is 0.760. The van der Waals surface area contributed by atoms with Crippen molar-refractivity contribution in [2.24, 2.45) is 0 Å². The Morgan fingerprint density at radius 3 is 2.23 bits per heavy atom. The van der Waals surface area contributed by atoms with Gasteiger partial charge < -0.3 is 14.8 Å². The zero-order valence-corrected chi connectivity index (χ0v) is 19.2. The monoisotopic (exact) mass is 418 g/mol. The Kier molecular flexibility index (Phi) is 6.50. The topological polar surface area (TPSA) is 25.7 Å². The van der Waals surface area contributed by atoms with Crippen molar-refractivity contribution >= 4 is 17.4 Å². The molecule has 2 fully saturated rings. The molecule has 31 heavy (non-hydrogen) atoms. The maximum atomic E-state index is 6.71. The molecule has 4 heteroatoms. The first-order valence-corrected chi connectivity index (χ1v) is 12.8. The Labute approximate surface area is 188 Å². The van der Waals surface area contributed by atoms with Crippen LogP contribution in [0.3, 0.4) is 0 Å². The maximum absolute atomic E-state index is 6.71. The third-order valence-corrected chi connectivity index (χ3v) is 8.57. The van der Waals surface area contributed by atoms with E-state index < -0.39 is 6.48 Å². The quantitative estimate of drug-likeness (QED) is 0.706. The summed E-state index contributed by atoms with van der Waals surface area (Å²) in [5.41, 5.74) is 5.79. The molecule has 0 spiro atoms. The lowest BCUT2D eigenvalue weighted by atomic mass is 9.40. The van der Waals surface area contributed by atoms with Gasteiger partial charge in [-0.25, -0.2) is 0 Å². The van der Waals surface area contributed by atoms with Crippen molar-refractivity contribution in [1.82, 2.24) is 5.32 Å². The number of benzene rings is 2. The van der Waals surface area contributed by atoms with Crippen LogP contribution in [0.25, 0.3) is 0 Å². The highest BCUT2D eigenvalue weighted by Crippen LogP contribution is 2.21. The molecule has 5 rings (SSSR count). The molecule has 0 radical (unpaired) electrons. The van der Waals surface area contributed by atoms with E-state index in [9.17, 15) is 0 Å². The Bertz CT molecular complexity index is 875. The fraction of sp³-hybridized carbons (Fsp3) is 0.556. The lowest BCUT2D eigenvalue weighted by Gasteiger charge is -2.48. The Morgan fingerprint density at radius 2 is 1.48 bits per heavy atom. The van der Waals surface area contributed by atoms with Gasteiger partial charge in [0.1, 0.15) is 0 Å². The third kappa shape index (κ3) is 3.99. The molecule has 3 aliphatic rings. The molecule has 0 amide bonds. The lowest BCUT2D eigenvalue weighted by molar-refractivity contribution is -0.843. The molecular formula is C27H39BN2O. The van der Waals surface area contributed by atoms with Crippen molar-refractivity contribution in [2.45, 2.75) is 89.4 Å². The van der Waals surface area contributed by atoms with Gasteiger partial charge >= 0.3 is 6.48 Å². The standard InChI is InChI=1S/C27H39BN2O/c1-31-28(26-18-10-8-12-22(26)20-29-24-14-4-2-5-15-24)27-19-11-9-13-23(27)21-30(28)25-16-6-3-7-17-25/h8-13,18-19,24-25,29-30H,2-7,14-17,20-21H2,1H3/t28-/m1/s1. The van der Waals surface area contributed by atoms with E-state index in [0.717, 1.165) is 13.1 Å². The smallest absolute Gasteiger partial charge is 0.391 e. The van der Waals surface area contributed by atoms with E-state index in [1.54, 1.807) is 4.81 Å². The van der Waals surface area contributed by atoms with E-state index in [2.05, 4.69) is 53.8 Å². The summed E-state index contributed by atoms with van der Waals surface area (Å²) in [6.07, 6.45) is 13.6. The van der Waals surface area contributed by atoms with E-state index in [1.807, 2.05) is 7.11 Å². The van der Waals surface area contributed by atoms with Crippen LogP contribution in [0.15, 0.2) is 48.5 Å². The van der Waals surface area contributed by atoms with Crippen LogP contribution in [-0.2, 0) is 17.7 Å². The molecule has 2 aliphatic carbocycles. The van der Waals surface area contributed by atoms with Crippen molar-refractivity contribution in [3.63, 3.8) is 0 Å². The summed E-state index contributed by atoms with van der Waals surface area (Å²) < 4.78 is 6.71. The van der Waals surface area contributed by atoms with Crippen molar-refractivity contribution in [2.75, 3.05) is 7.11 Å². The molecule has 2 aromatic rings. The van der Waals surface area contributed by atoms with Gasteiger partial charge in [0.25, 0.3) is 0 Å². The highest BCUT2D eigenvalue weighted by atomic mass is 16.4. The van der Waals surface area contributed by atoms with Gasteiger partial charge in [-0.2, -0.15) is 0 Å². The van der Waals surface area contributed by atoms with Gasteiger partial charge in [-0.3, -0.25) is 0 Å². The average molecular weight is 418 g/mol. The number of hydrogen-bond acceptors (Lipinski definition) is 2. The molecule has 2 aromatic carbocycles. The van der Waals surface area contributed by atoms with E-state index >= 15 is 0 Å². The van der Waals surface area contributed by atoms with Crippen LogP contribution < -0.4 is 21.1 Å². The van der Waals surface area contributed by atoms with Gasteiger partial charge in [-0.05, 0) is 51.2 Å². The van der Waals surface area contributed by atoms with Gasteiger partial charge in [-0.15, -0.1) is 10.9 Å². The minimum absolute atomic E-state index is 0.672.